The number of thioether (sulfide) groups is 1. The molecule has 92 valence electrons. The van der Waals surface area contributed by atoms with Crippen LogP contribution in [0.15, 0.2) is 6.33 Å². The molecule has 0 saturated carbocycles. The van der Waals surface area contributed by atoms with Gasteiger partial charge < -0.3 is 5.11 Å². The zero-order valence-electron chi connectivity index (χ0n) is 10.3. The molecule has 0 bridgehead atoms. The molecule has 1 atom stereocenters. The SMILES string of the molecule is CSCCC(O)Cc1ncnn1CC(C)C. The van der Waals surface area contributed by atoms with Gasteiger partial charge in [-0.3, -0.25) is 0 Å². The topological polar surface area (TPSA) is 50.9 Å². The molecule has 0 radical (unpaired) electrons. The molecule has 1 unspecified atom stereocenters. The fourth-order valence-electron chi connectivity index (χ4n) is 1.51. The monoisotopic (exact) mass is 243 g/mol. The lowest BCUT2D eigenvalue weighted by molar-refractivity contribution is 0.167. The molecule has 0 amide bonds. The summed E-state index contributed by atoms with van der Waals surface area (Å²) >= 11 is 1.75. The van der Waals surface area contributed by atoms with Crippen molar-refractivity contribution < 1.29 is 5.11 Å². The molecule has 0 spiro atoms. The second-order valence-electron chi connectivity index (χ2n) is 4.39. The Bertz CT molecular complexity index is 301. The van der Waals surface area contributed by atoms with Crippen LogP contribution in [0.25, 0.3) is 0 Å². The van der Waals surface area contributed by atoms with Crippen molar-refractivity contribution in [3.63, 3.8) is 0 Å². The first-order valence-corrected chi connectivity index (χ1v) is 7.06. The van der Waals surface area contributed by atoms with Crippen molar-refractivity contribution in [1.82, 2.24) is 14.8 Å². The Morgan fingerprint density at radius 1 is 1.50 bits per heavy atom. The highest BCUT2D eigenvalue weighted by Crippen LogP contribution is 2.08. The maximum absolute atomic E-state index is 9.82. The molecular weight excluding hydrogens is 222 g/mol. The van der Waals surface area contributed by atoms with Crippen LogP contribution in [0.1, 0.15) is 26.1 Å². The van der Waals surface area contributed by atoms with Gasteiger partial charge in [-0.05, 0) is 24.3 Å². The summed E-state index contributed by atoms with van der Waals surface area (Å²) in [6, 6.07) is 0. The molecule has 1 aromatic rings. The van der Waals surface area contributed by atoms with E-state index in [1.807, 2.05) is 10.9 Å². The molecule has 0 aromatic carbocycles. The minimum atomic E-state index is -0.303. The van der Waals surface area contributed by atoms with Crippen molar-refractivity contribution in [3.8, 4) is 0 Å². The maximum atomic E-state index is 9.82. The minimum absolute atomic E-state index is 0.303. The normalized spacial score (nSPS) is 13.3. The van der Waals surface area contributed by atoms with E-state index in [9.17, 15) is 5.11 Å². The zero-order valence-corrected chi connectivity index (χ0v) is 11.1. The van der Waals surface area contributed by atoms with Gasteiger partial charge in [-0.1, -0.05) is 13.8 Å². The van der Waals surface area contributed by atoms with Crippen molar-refractivity contribution in [2.45, 2.75) is 39.3 Å². The van der Waals surface area contributed by atoms with Crippen molar-refractivity contribution in [2.24, 2.45) is 5.92 Å². The van der Waals surface area contributed by atoms with Gasteiger partial charge in [-0.15, -0.1) is 0 Å². The van der Waals surface area contributed by atoms with Crippen LogP contribution in [0.5, 0.6) is 0 Å². The molecule has 1 rings (SSSR count). The van der Waals surface area contributed by atoms with Crippen molar-refractivity contribution in [3.05, 3.63) is 12.2 Å². The van der Waals surface area contributed by atoms with Crippen molar-refractivity contribution in [2.75, 3.05) is 12.0 Å². The van der Waals surface area contributed by atoms with E-state index in [2.05, 4.69) is 23.9 Å². The molecule has 5 heteroatoms. The fraction of sp³-hybridized carbons (Fsp3) is 0.818. The van der Waals surface area contributed by atoms with Gasteiger partial charge in [0.25, 0.3) is 0 Å². The summed E-state index contributed by atoms with van der Waals surface area (Å²) in [4.78, 5) is 4.20. The first kappa shape index (κ1) is 13.5. The molecule has 0 aliphatic heterocycles. The number of aliphatic hydroxyl groups excluding tert-OH is 1. The van der Waals surface area contributed by atoms with Gasteiger partial charge in [0.15, 0.2) is 0 Å². The molecule has 0 saturated heterocycles. The lowest BCUT2D eigenvalue weighted by atomic mass is 10.2. The predicted molar refractivity (Wildman–Crippen MR) is 67.6 cm³/mol. The van der Waals surface area contributed by atoms with Crippen LogP contribution >= 0.6 is 11.8 Å². The number of aliphatic hydroxyl groups is 1. The Balaban J connectivity index is 2.49. The molecule has 0 fully saturated rings. The van der Waals surface area contributed by atoms with Crippen LogP contribution in [0.4, 0.5) is 0 Å². The van der Waals surface area contributed by atoms with Gasteiger partial charge in [0, 0.05) is 13.0 Å². The van der Waals surface area contributed by atoms with E-state index in [4.69, 9.17) is 0 Å². The Kier molecular flexibility index (Phi) is 5.84. The van der Waals surface area contributed by atoms with E-state index < -0.39 is 0 Å². The molecule has 4 nitrogen and oxygen atoms in total. The van der Waals surface area contributed by atoms with Crippen LogP contribution in [-0.2, 0) is 13.0 Å². The Hall–Kier alpha value is -0.550. The highest BCUT2D eigenvalue weighted by atomic mass is 32.2. The van der Waals surface area contributed by atoms with E-state index in [-0.39, 0.29) is 6.10 Å². The predicted octanol–water partition coefficient (Wildman–Crippen LogP) is 1.59. The first-order chi connectivity index (χ1) is 7.63. The molecule has 16 heavy (non-hydrogen) atoms. The number of hydrogen-bond acceptors (Lipinski definition) is 4. The summed E-state index contributed by atoms with van der Waals surface area (Å²) in [7, 11) is 0. The standard InChI is InChI=1S/C11H21N3OS/c1-9(2)7-14-11(12-8-13-14)6-10(15)4-5-16-3/h8-10,15H,4-7H2,1-3H3. The zero-order chi connectivity index (χ0) is 12.0. The summed E-state index contributed by atoms with van der Waals surface area (Å²) in [6.07, 6.45) is 4.73. The van der Waals surface area contributed by atoms with Crippen LogP contribution in [0.2, 0.25) is 0 Å². The molecule has 1 aromatic heterocycles. The molecule has 1 N–H and O–H groups in total. The van der Waals surface area contributed by atoms with Crippen molar-refractivity contribution in [1.29, 1.82) is 0 Å². The average molecular weight is 243 g/mol. The fourth-order valence-corrected chi connectivity index (χ4v) is 2.02. The van der Waals surface area contributed by atoms with Gasteiger partial charge in [-0.2, -0.15) is 16.9 Å². The average Bonchev–Trinajstić information content (AvgIpc) is 2.62. The quantitative estimate of drug-likeness (QED) is 0.790. The van der Waals surface area contributed by atoms with Crippen LogP contribution < -0.4 is 0 Å². The summed E-state index contributed by atoms with van der Waals surface area (Å²) < 4.78 is 1.90. The summed E-state index contributed by atoms with van der Waals surface area (Å²) in [5, 5.41) is 14.0. The Labute approximate surface area is 101 Å². The highest BCUT2D eigenvalue weighted by Gasteiger charge is 2.11. The molecule has 1 heterocycles. The first-order valence-electron chi connectivity index (χ1n) is 5.67. The summed E-state index contributed by atoms with van der Waals surface area (Å²) in [6.45, 7) is 5.16. The number of rotatable bonds is 7. The second-order valence-corrected chi connectivity index (χ2v) is 5.38. The van der Waals surface area contributed by atoms with E-state index in [0.717, 1.165) is 24.5 Å². The third kappa shape index (κ3) is 4.53. The van der Waals surface area contributed by atoms with E-state index in [1.165, 1.54) is 0 Å². The van der Waals surface area contributed by atoms with Crippen LogP contribution in [0.3, 0.4) is 0 Å². The highest BCUT2D eigenvalue weighted by molar-refractivity contribution is 7.98. The van der Waals surface area contributed by atoms with E-state index in [0.29, 0.717) is 12.3 Å². The van der Waals surface area contributed by atoms with Gasteiger partial charge >= 0.3 is 0 Å². The smallest absolute Gasteiger partial charge is 0.138 e. The van der Waals surface area contributed by atoms with Crippen LogP contribution in [-0.4, -0.2) is 38.0 Å². The van der Waals surface area contributed by atoms with Crippen LogP contribution in [0, 0.1) is 5.92 Å². The number of hydrogen-bond donors (Lipinski definition) is 1. The van der Waals surface area contributed by atoms with Gasteiger partial charge in [0.1, 0.15) is 12.2 Å². The van der Waals surface area contributed by atoms with Gasteiger partial charge in [0.05, 0.1) is 6.10 Å². The second kappa shape index (κ2) is 6.91. The van der Waals surface area contributed by atoms with Gasteiger partial charge in [0.2, 0.25) is 0 Å². The third-order valence-corrected chi connectivity index (χ3v) is 2.95. The largest absolute Gasteiger partial charge is 0.393 e. The molecular formula is C11H21N3OS. The third-order valence-electron chi connectivity index (χ3n) is 2.31. The molecule has 0 aliphatic rings. The van der Waals surface area contributed by atoms with Crippen molar-refractivity contribution >= 4 is 11.8 Å². The molecule has 0 aliphatic carbocycles. The number of nitrogens with zero attached hydrogens (tertiary/aromatic N) is 3. The maximum Gasteiger partial charge on any atom is 0.138 e. The Morgan fingerprint density at radius 2 is 2.25 bits per heavy atom. The van der Waals surface area contributed by atoms with E-state index >= 15 is 0 Å². The Morgan fingerprint density at radius 3 is 2.88 bits per heavy atom. The number of aromatic nitrogens is 3. The van der Waals surface area contributed by atoms with Gasteiger partial charge in [-0.25, -0.2) is 9.67 Å². The van der Waals surface area contributed by atoms with E-state index in [1.54, 1.807) is 18.1 Å². The summed E-state index contributed by atoms with van der Waals surface area (Å²) in [5.74, 6) is 2.42. The lowest BCUT2D eigenvalue weighted by Gasteiger charge is -2.11. The lowest BCUT2D eigenvalue weighted by Crippen LogP contribution is -2.17. The summed E-state index contributed by atoms with van der Waals surface area (Å²) in [5.41, 5.74) is 0. The minimum Gasteiger partial charge on any atom is -0.393 e.